The van der Waals surface area contributed by atoms with Crippen molar-refractivity contribution in [2.45, 2.75) is 39.0 Å². The monoisotopic (exact) mass is 363 g/mol. The molecule has 0 atom stereocenters. The van der Waals surface area contributed by atoms with E-state index in [-0.39, 0.29) is 11.7 Å². The molecule has 0 spiro atoms. The number of nitrogens with one attached hydrogen (secondary N) is 2. The van der Waals surface area contributed by atoms with Gasteiger partial charge in [0.05, 0.1) is 5.56 Å². The molecule has 1 aliphatic rings. The van der Waals surface area contributed by atoms with E-state index in [4.69, 9.17) is 0 Å². The minimum atomic E-state index is -0.107. The summed E-state index contributed by atoms with van der Waals surface area (Å²) in [6.45, 7) is 2.19. The maximum atomic E-state index is 12.2. The summed E-state index contributed by atoms with van der Waals surface area (Å²) in [6.07, 6.45) is 9.64. The van der Waals surface area contributed by atoms with Crippen LogP contribution in [0, 0.1) is 0 Å². The summed E-state index contributed by atoms with van der Waals surface area (Å²) in [5.74, 6) is 0.534. The standard InChI is InChI=1S/C22H25N3O2/c1-16(26)18-8-5-9-20(14-18)25-21-11-10-19(15-24-21)22(27)23-13-12-17-6-3-2-4-7-17/h5-6,8-11,14-15H,2-4,7,12-13H2,1H3,(H,23,27)(H,24,25). The lowest BCUT2D eigenvalue weighted by Gasteiger charge is -2.13. The zero-order valence-corrected chi connectivity index (χ0v) is 15.6. The summed E-state index contributed by atoms with van der Waals surface area (Å²) in [4.78, 5) is 28.0. The molecule has 5 nitrogen and oxygen atoms in total. The molecule has 140 valence electrons. The van der Waals surface area contributed by atoms with Crippen molar-refractivity contribution in [3.63, 3.8) is 0 Å². The Morgan fingerprint density at radius 3 is 2.70 bits per heavy atom. The first-order valence-corrected chi connectivity index (χ1v) is 9.42. The normalized spacial score (nSPS) is 13.6. The molecule has 3 rings (SSSR count). The predicted molar refractivity (Wildman–Crippen MR) is 107 cm³/mol. The fourth-order valence-electron chi connectivity index (χ4n) is 3.14. The van der Waals surface area contributed by atoms with Crippen LogP contribution in [0.5, 0.6) is 0 Å². The number of carbonyl (C=O) groups excluding carboxylic acids is 2. The fourth-order valence-corrected chi connectivity index (χ4v) is 3.14. The van der Waals surface area contributed by atoms with Crippen LogP contribution in [0.4, 0.5) is 11.5 Å². The van der Waals surface area contributed by atoms with Crippen LogP contribution in [0.15, 0.2) is 54.2 Å². The van der Waals surface area contributed by atoms with Gasteiger partial charge in [0.15, 0.2) is 5.78 Å². The minimum absolute atomic E-state index is 0.0163. The minimum Gasteiger partial charge on any atom is -0.352 e. The van der Waals surface area contributed by atoms with Gasteiger partial charge in [-0.05, 0) is 63.3 Å². The average molecular weight is 363 g/mol. The second kappa shape index (κ2) is 9.12. The van der Waals surface area contributed by atoms with Crippen molar-refractivity contribution in [2.75, 3.05) is 11.9 Å². The number of ketones is 1. The quantitative estimate of drug-likeness (QED) is 0.555. The van der Waals surface area contributed by atoms with E-state index in [9.17, 15) is 9.59 Å². The van der Waals surface area contributed by atoms with E-state index in [0.29, 0.717) is 23.5 Å². The Morgan fingerprint density at radius 2 is 2.00 bits per heavy atom. The highest BCUT2D eigenvalue weighted by atomic mass is 16.1. The number of hydrogen-bond acceptors (Lipinski definition) is 4. The first kappa shape index (κ1) is 18.8. The number of Topliss-reactive ketones (excluding diaryl/α,β-unsaturated/α-hetero) is 1. The van der Waals surface area contributed by atoms with Gasteiger partial charge in [-0.25, -0.2) is 4.98 Å². The van der Waals surface area contributed by atoms with Gasteiger partial charge in [0, 0.05) is 24.0 Å². The number of amides is 1. The van der Waals surface area contributed by atoms with Crippen LogP contribution < -0.4 is 10.6 Å². The number of carbonyl (C=O) groups is 2. The third-order valence-corrected chi connectivity index (χ3v) is 4.68. The molecule has 1 heterocycles. The van der Waals surface area contributed by atoms with Crippen molar-refractivity contribution in [2.24, 2.45) is 0 Å². The predicted octanol–water partition coefficient (Wildman–Crippen LogP) is 4.65. The van der Waals surface area contributed by atoms with E-state index < -0.39 is 0 Å². The molecule has 0 aliphatic heterocycles. The fraction of sp³-hybridized carbons (Fsp3) is 0.318. The zero-order chi connectivity index (χ0) is 19.1. The Morgan fingerprint density at radius 1 is 1.11 bits per heavy atom. The van der Waals surface area contributed by atoms with E-state index in [1.165, 1.54) is 25.3 Å². The first-order valence-electron chi connectivity index (χ1n) is 9.42. The van der Waals surface area contributed by atoms with Crippen molar-refractivity contribution in [3.8, 4) is 0 Å². The van der Waals surface area contributed by atoms with E-state index in [2.05, 4.69) is 21.7 Å². The number of rotatable bonds is 7. The van der Waals surface area contributed by atoms with Gasteiger partial charge < -0.3 is 10.6 Å². The van der Waals surface area contributed by atoms with E-state index in [1.807, 2.05) is 12.1 Å². The molecule has 1 aromatic carbocycles. The molecule has 2 aromatic rings. The van der Waals surface area contributed by atoms with Crippen LogP contribution in [0.25, 0.3) is 0 Å². The lowest BCUT2D eigenvalue weighted by molar-refractivity contribution is 0.0952. The molecule has 0 fully saturated rings. The van der Waals surface area contributed by atoms with Crippen molar-refractivity contribution >= 4 is 23.2 Å². The SMILES string of the molecule is CC(=O)c1cccc(Nc2ccc(C(=O)NCCC3=CCCCC3)cn2)c1. The highest BCUT2D eigenvalue weighted by Crippen LogP contribution is 2.19. The molecule has 0 saturated carbocycles. The van der Waals surface area contributed by atoms with Gasteiger partial charge in [-0.1, -0.05) is 23.8 Å². The Hall–Kier alpha value is -2.95. The Bertz CT molecular complexity index is 841. The summed E-state index contributed by atoms with van der Waals surface area (Å²) in [6, 6.07) is 10.8. The molecule has 0 unspecified atom stereocenters. The first-order chi connectivity index (χ1) is 13.1. The third-order valence-electron chi connectivity index (χ3n) is 4.68. The number of allylic oxidation sites excluding steroid dienone is 1. The number of hydrogen-bond donors (Lipinski definition) is 2. The number of anilines is 2. The van der Waals surface area contributed by atoms with Gasteiger partial charge in [0.2, 0.25) is 0 Å². The van der Waals surface area contributed by atoms with Gasteiger partial charge in [-0.2, -0.15) is 0 Å². The van der Waals surface area contributed by atoms with Crippen molar-refractivity contribution in [1.82, 2.24) is 10.3 Å². The second-order valence-electron chi connectivity index (χ2n) is 6.81. The molecule has 1 aliphatic carbocycles. The van der Waals surface area contributed by atoms with Crippen molar-refractivity contribution in [3.05, 3.63) is 65.4 Å². The maximum absolute atomic E-state index is 12.2. The summed E-state index contributed by atoms with van der Waals surface area (Å²) >= 11 is 0. The van der Waals surface area contributed by atoms with Gasteiger partial charge in [-0.15, -0.1) is 0 Å². The topological polar surface area (TPSA) is 71.1 Å². The lowest BCUT2D eigenvalue weighted by Crippen LogP contribution is -2.25. The number of aromatic nitrogens is 1. The van der Waals surface area contributed by atoms with Gasteiger partial charge in [0.25, 0.3) is 5.91 Å². The van der Waals surface area contributed by atoms with Crippen LogP contribution in [0.3, 0.4) is 0 Å². The molecular formula is C22H25N3O2. The van der Waals surface area contributed by atoms with Crippen LogP contribution in [-0.4, -0.2) is 23.2 Å². The van der Waals surface area contributed by atoms with Crippen LogP contribution in [0.2, 0.25) is 0 Å². The Labute approximate surface area is 159 Å². The summed E-state index contributed by atoms with van der Waals surface area (Å²) in [7, 11) is 0. The smallest absolute Gasteiger partial charge is 0.252 e. The number of pyridine rings is 1. The second-order valence-corrected chi connectivity index (χ2v) is 6.81. The van der Waals surface area contributed by atoms with Gasteiger partial charge in [0.1, 0.15) is 5.82 Å². The highest BCUT2D eigenvalue weighted by Gasteiger charge is 2.08. The Balaban J connectivity index is 1.53. The van der Waals surface area contributed by atoms with Gasteiger partial charge >= 0.3 is 0 Å². The molecule has 0 bridgehead atoms. The third kappa shape index (κ3) is 5.51. The summed E-state index contributed by atoms with van der Waals surface area (Å²) in [5, 5.41) is 6.11. The molecule has 0 saturated heterocycles. The van der Waals surface area contributed by atoms with Crippen molar-refractivity contribution in [1.29, 1.82) is 0 Å². The number of nitrogens with zero attached hydrogens (tertiary/aromatic N) is 1. The molecule has 1 amide bonds. The molecule has 0 radical (unpaired) electrons. The Kier molecular flexibility index (Phi) is 6.36. The zero-order valence-electron chi connectivity index (χ0n) is 15.6. The summed E-state index contributed by atoms with van der Waals surface area (Å²) in [5.41, 5.74) is 3.42. The lowest BCUT2D eigenvalue weighted by atomic mass is 9.97. The van der Waals surface area contributed by atoms with Crippen molar-refractivity contribution < 1.29 is 9.59 Å². The molecule has 5 heteroatoms. The van der Waals surface area contributed by atoms with E-state index in [1.54, 1.807) is 30.5 Å². The molecule has 2 N–H and O–H groups in total. The average Bonchev–Trinajstić information content (AvgIpc) is 2.69. The van der Waals surface area contributed by atoms with Crippen LogP contribution in [0.1, 0.15) is 59.7 Å². The number of benzene rings is 1. The maximum Gasteiger partial charge on any atom is 0.252 e. The molecule has 1 aromatic heterocycles. The van der Waals surface area contributed by atoms with Crippen LogP contribution >= 0.6 is 0 Å². The molecular weight excluding hydrogens is 338 g/mol. The molecule has 27 heavy (non-hydrogen) atoms. The highest BCUT2D eigenvalue weighted by molar-refractivity contribution is 5.95. The largest absolute Gasteiger partial charge is 0.352 e. The van der Waals surface area contributed by atoms with E-state index in [0.717, 1.165) is 24.9 Å². The van der Waals surface area contributed by atoms with E-state index >= 15 is 0 Å². The van der Waals surface area contributed by atoms with Gasteiger partial charge in [-0.3, -0.25) is 9.59 Å². The van der Waals surface area contributed by atoms with Crippen LogP contribution in [-0.2, 0) is 0 Å². The summed E-state index contributed by atoms with van der Waals surface area (Å²) < 4.78 is 0.